The number of aromatic nitrogens is 5. The normalized spacial score (nSPS) is 11.6. The molecule has 0 radical (unpaired) electrons. The minimum atomic E-state index is 0.624. The Kier molecular flexibility index (Phi) is 9.29. The van der Waals surface area contributed by atoms with Gasteiger partial charge in [-0.1, -0.05) is 176 Å². The average molecular weight is 872 g/mol. The first-order chi connectivity index (χ1) is 33.2. The monoisotopic (exact) mass is 871 g/mol. The van der Waals surface area contributed by atoms with Gasteiger partial charge in [0.1, 0.15) is 0 Å². The van der Waals surface area contributed by atoms with Gasteiger partial charge < -0.3 is 0 Å². The second-order valence-electron chi connectivity index (χ2n) is 16.8. The van der Waals surface area contributed by atoms with E-state index in [9.17, 15) is 0 Å². The molecule has 0 atom stereocenters. The second-order valence-corrected chi connectivity index (χ2v) is 17.8. The summed E-state index contributed by atoms with van der Waals surface area (Å²) >= 11 is 1.79. The Morgan fingerprint density at radius 1 is 0.284 bits per heavy atom. The summed E-state index contributed by atoms with van der Waals surface area (Å²) in [6.07, 6.45) is 3.68. The van der Waals surface area contributed by atoms with Gasteiger partial charge >= 0.3 is 0 Å². The zero-order valence-electron chi connectivity index (χ0n) is 36.0. The molecule has 0 saturated carbocycles. The van der Waals surface area contributed by atoms with E-state index in [1.807, 2.05) is 30.6 Å². The van der Waals surface area contributed by atoms with Crippen molar-refractivity contribution in [2.24, 2.45) is 0 Å². The van der Waals surface area contributed by atoms with Crippen LogP contribution in [0, 0.1) is 0 Å². The molecule has 13 rings (SSSR count). The molecule has 0 N–H and O–H groups in total. The van der Waals surface area contributed by atoms with Crippen molar-refractivity contribution < 1.29 is 0 Å². The third kappa shape index (κ3) is 6.82. The average Bonchev–Trinajstić information content (AvgIpc) is 3.79. The summed E-state index contributed by atoms with van der Waals surface area (Å²) in [4.78, 5) is 25.5. The van der Waals surface area contributed by atoms with Gasteiger partial charge in [0.25, 0.3) is 0 Å². The van der Waals surface area contributed by atoms with Crippen molar-refractivity contribution in [1.29, 1.82) is 0 Å². The van der Waals surface area contributed by atoms with E-state index in [1.165, 1.54) is 15.5 Å². The van der Waals surface area contributed by atoms with Crippen LogP contribution in [0.25, 0.3) is 131 Å². The zero-order valence-corrected chi connectivity index (χ0v) is 36.8. The highest BCUT2D eigenvalue weighted by Crippen LogP contribution is 2.45. The van der Waals surface area contributed by atoms with Crippen LogP contribution in [0.2, 0.25) is 0 Å². The Balaban J connectivity index is 0.987. The van der Waals surface area contributed by atoms with Gasteiger partial charge in [-0.15, -0.1) is 11.3 Å². The van der Waals surface area contributed by atoms with Gasteiger partial charge in [-0.05, 0) is 91.7 Å². The number of rotatable bonds is 7. The number of pyridine rings is 2. The molecule has 0 spiro atoms. The lowest BCUT2D eigenvalue weighted by Crippen LogP contribution is -2.01. The Labute approximate surface area is 390 Å². The molecular formula is C61H37N5S. The van der Waals surface area contributed by atoms with Crippen LogP contribution in [0.4, 0.5) is 0 Å². The van der Waals surface area contributed by atoms with Crippen LogP contribution in [0.15, 0.2) is 225 Å². The first kappa shape index (κ1) is 38.7. The molecule has 0 aliphatic heterocycles. The zero-order chi connectivity index (χ0) is 44.3. The third-order valence-electron chi connectivity index (χ3n) is 12.8. The summed E-state index contributed by atoms with van der Waals surface area (Å²) < 4.78 is 2.35. The highest BCUT2D eigenvalue weighted by Gasteiger charge is 2.21. The quantitative estimate of drug-likeness (QED) is 0.149. The number of thiophene rings is 1. The van der Waals surface area contributed by atoms with E-state index in [1.54, 1.807) is 11.3 Å². The Bertz CT molecular complexity index is 4030. The number of fused-ring (bicyclic) bond motifs is 7. The van der Waals surface area contributed by atoms with Gasteiger partial charge in [0.05, 0.1) is 11.0 Å². The van der Waals surface area contributed by atoms with Crippen molar-refractivity contribution in [2.45, 2.75) is 0 Å². The van der Waals surface area contributed by atoms with Crippen LogP contribution >= 0.6 is 11.3 Å². The Hall–Kier alpha value is -8.71. The minimum Gasteiger partial charge on any atom is -0.254 e. The molecule has 13 aromatic rings. The molecule has 0 amide bonds. The molecule has 67 heavy (non-hydrogen) atoms. The van der Waals surface area contributed by atoms with Crippen LogP contribution in [-0.4, -0.2) is 24.9 Å². The predicted molar refractivity (Wildman–Crippen MR) is 279 cm³/mol. The van der Waals surface area contributed by atoms with Crippen molar-refractivity contribution in [1.82, 2.24) is 24.9 Å². The molecule has 4 heterocycles. The topological polar surface area (TPSA) is 64.5 Å². The molecule has 0 fully saturated rings. The van der Waals surface area contributed by atoms with Gasteiger partial charge in [0.2, 0.25) is 0 Å². The van der Waals surface area contributed by atoms with Gasteiger partial charge in [-0.25, -0.2) is 15.0 Å². The summed E-state index contributed by atoms with van der Waals surface area (Å²) in [5, 5.41) is 6.76. The fourth-order valence-electron chi connectivity index (χ4n) is 9.59. The van der Waals surface area contributed by atoms with Crippen molar-refractivity contribution >= 4 is 64.1 Å². The standard InChI is InChI=1S/C61H37N5S/c1-2-13-38(14-3-1)39-25-31-43(32-26-39)59-64-60(51-22-10-16-40-15-4-5-19-47(40)51)66-61(65-59)54-37-45(36-53-49-21-8-9-24-55(49)67-58(53)54)48-20-7-6-18-46(48)41-27-29-42(30-28-41)52-35-44-17-11-33-62-56(44)57-50(52)23-12-34-63-57/h1-37H. The Morgan fingerprint density at radius 3 is 1.66 bits per heavy atom. The summed E-state index contributed by atoms with van der Waals surface area (Å²) in [7, 11) is 0. The van der Waals surface area contributed by atoms with E-state index in [4.69, 9.17) is 19.9 Å². The van der Waals surface area contributed by atoms with E-state index >= 15 is 0 Å². The predicted octanol–water partition coefficient (Wildman–Crippen LogP) is 16.2. The molecule has 0 bridgehead atoms. The highest BCUT2D eigenvalue weighted by molar-refractivity contribution is 7.26. The van der Waals surface area contributed by atoms with E-state index in [2.05, 4.69) is 199 Å². The van der Waals surface area contributed by atoms with Crippen LogP contribution in [0.5, 0.6) is 0 Å². The van der Waals surface area contributed by atoms with Gasteiger partial charge in [0, 0.05) is 60.0 Å². The first-order valence-corrected chi connectivity index (χ1v) is 23.2. The van der Waals surface area contributed by atoms with Gasteiger partial charge in [-0.3, -0.25) is 9.97 Å². The largest absolute Gasteiger partial charge is 0.254 e. The molecule has 0 saturated heterocycles. The molecule has 5 nitrogen and oxygen atoms in total. The lowest BCUT2D eigenvalue weighted by Gasteiger charge is -2.15. The van der Waals surface area contributed by atoms with Crippen molar-refractivity contribution in [3.8, 4) is 78.7 Å². The van der Waals surface area contributed by atoms with Gasteiger partial charge in [0.15, 0.2) is 17.5 Å². The molecule has 0 aliphatic rings. The molecular weight excluding hydrogens is 835 g/mol. The maximum absolute atomic E-state index is 5.41. The van der Waals surface area contributed by atoms with Crippen molar-refractivity contribution in [3.63, 3.8) is 0 Å². The molecule has 0 aliphatic carbocycles. The number of benzene rings is 9. The molecule has 0 unspecified atom stereocenters. The summed E-state index contributed by atoms with van der Waals surface area (Å²) in [6, 6.07) is 75.2. The minimum absolute atomic E-state index is 0.624. The molecule has 6 heteroatoms. The smallest absolute Gasteiger partial charge is 0.165 e. The van der Waals surface area contributed by atoms with Crippen molar-refractivity contribution in [2.75, 3.05) is 0 Å². The summed E-state index contributed by atoms with van der Waals surface area (Å²) in [6.45, 7) is 0. The van der Waals surface area contributed by atoms with E-state index in [-0.39, 0.29) is 0 Å². The van der Waals surface area contributed by atoms with E-state index in [0.29, 0.717) is 17.5 Å². The SMILES string of the molecule is c1ccc(-c2ccc(-c3nc(-c4cccc5ccccc45)nc(-c4cc(-c5ccccc5-c5ccc(-c6cc7cccnc7c7ncccc67)cc5)cc5c4sc4ccccc45)n3)cc2)cc1. The fraction of sp³-hybridized carbons (Fsp3) is 0. The van der Waals surface area contributed by atoms with Crippen molar-refractivity contribution in [3.05, 3.63) is 225 Å². The number of nitrogens with zero attached hydrogens (tertiary/aromatic N) is 5. The number of hydrogen-bond acceptors (Lipinski definition) is 6. The Morgan fingerprint density at radius 2 is 0.836 bits per heavy atom. The van der Waals surface area contributed by atoms with E-state index in [0.717, 1.165) is 98.5 Å². The van der Waals surface area contributed by atoms with Crippen LogP contribution < -0.4 is 0 Å². The van der Waals surface area contributed by atoms with Gasteiger partial charge in [-0.2, -0.15) is 0 Å². The molecule has 4 aromatic heterocycles. The molecule has 312 valence electrons. The second kappa shape index (κ2) is 16.1. The lowest BCUT2D eigenvalue weighted by atomic mass is 9.91. The number of hydrogen-bond donors (Lipinski definition) is 0. The third-order valence-corrected chi connectivity index (χ3v) is 14.1. The maximum atomic E-state index is 5.41. The first-order valence-electron chi connectivity index (χ1n) is 22.4. The maximum Gasteiger partial charge on any atom is 0.165 e. The lowest BCUT2D eigenvalue weighted by molar-refractivity contribution is 1.08. The van der Waals surface area contributed by atoms with Crippen LogP contribution in [0.3, 0.4) is 0 Å². The summed E-state index contributed by atoms with van der Waals surface area (Å²) in [5.74, 6) is 1.89. The molecule has 9 aromatic carbocycles. The van der Waals surface area contributed by atoms with Crippen LogP contribution in [-0.2, 0) is 0 Å². The summed E-state index contributed by atoms with van der Waals surface area (Å²) in [5.41, 5.74) is 13.7. The van der Waals surface area contributed by atoms with E-state index < -0.39 is 0 Å². The van der Waals surface area contributed by atoms with Crippen LogP contribution in [0.1, 0.15) is 0 Å². The fourth-order valence-corrected chi connectivity index (χ4v) is 10.8. The highest BCUT2D eigenvalue weighted by atomic mass is 32.1.